The summed E-state index contributed by atoms with van der Waals surface area (Å²) in [5, 5.41) is 24.6. The van der Waals surface area contributed by atoms with E-state index in [0.29, 0.717) is 67.6 Å². The number of anilines is 5. The standard InChI is InChI=1S/C38H40N8O7/c1-51-35(50)32(26-8-4-2-5-9-26)43-34(49)28-12-14-29(15-13-28)41-37-44-36(45-38(46-37)42-30-16-18-31(47)19-17-30)40-21-23-53-25-24-52-22-20-39-33(48)27-10-6-3-7-11-27/h2-19,32,47H,20-25H2,1H3,(H,39,48)(H,43,49)(H3,40,41,42,44,45,46). The number of benzene rings is 4. The van der Waals surface area contributed by atoms with Crippen LogP contribution in [-0.2, 0) is 19.0 Å². The van der Waals surface area contributed by atoms with Crippen LogP contribution in [0.3, 0.4) is 0 Å². The number of aromatic nitrogens is 3. The molecule has 0 bridgehead atoms. The quantitative estimate of drug-likeness (QED) is 0.0394. The van der Waals surface area contributed by atoms with E-state index < -0.39 is 17.9 Å². The predicted molar refractivity (Wildman–Crippen MR) is 199 cm³/mol. The first-order chi connectivity index (χ1) is 25.9. The van der Waals surface area contributed by atoms with Crippen molar-refractivity contribution in [3.8, 4) is 5.75 Å². The molecule has 6 N–H and O–H groups in total. The molecule has 0 radical (unpaired) electrons. The van der Waals surface area contributed by atoms with E-state index in [2.05, 4.69) is 41.5 Å². The van der Waals surface area contributed by atoms with Gasteiger partial charge in [0.2, 0.25) is 17.8 Å². The van der Waals surface area contributed by atoms with Crippen LogP contribution in [-0.4, -0.2) is 84.5 Å². The minimum absolute atomic E-state index is 0.120. The number of amides is 2. The Kier molecular flexibility index (Phi) is 14.0. The zero-order valence-corrected chi connectivity index (χ0v) is 29.0. The first-order valence-electron chi connectivity index (χ1n) is 16.7. The van der Waals surface area contributed by atoms with E-state index in [9.17, 15) is 19.5 Å². The minimum atomic E-state index is -0.966. The molecule has 1 unspecified atom stereocenters. The van der Waals surface area contributed by atoms with Gasteiger partial charge in [0.05, 0.1) is 33.5 Å². The zero-order valence-electron chi connectivity index (χ0n) is 29.0. The number of phenols is 1. The van der Waals surface area contributed by atoms with Crippen LogP contribution in [0.4, 0.5) is 29.2 Å². The first kappa shape index (κ1) is 37.7. The molecule has 0 fully saturated rings. The first-order valence-corrected chi connectivity index (χ1v) is 16.7. The highest BCUT2D eigenvalue weighted by Crippen LogP contribution is 2.21. The molecular weight excluding hydrogens is 680 g/mol. The second kappa shape index (κ2) is 19.7. The van der Waals surface area contributed by atoms with Crippen molar-refractivity contribution >= 4 is 47.0 Å². The fourth-order valence-electron chi connectivity index (χ4n) is 4.82. The van der Waals surface area contributed by atoms with Crippen LogP contribution >= 0.6 is 0 Å². The number of esters is 1. The third kappa shape index (κ3) is 12.0. The summed E-state index contributed by atoms with van der Waals surface area (Å²) in [6.45, 7) is 2.19. The van der Waals surface area contributed by atoms with Gasteiger partial charge in [0, 0.05) is 35.6 Å². The van der Waals surface area contributed by atoms with E-state index in [-0.39, 0.29) is 29.5 Å². The van der Waals surface area contributed by atoms with Gasteiger partial charge in [-0.15, -0.1) is 0 Å². The van der Waals surface area contributed by atoms with Crippen LogP contribution in [0.25, 0.3) is 0 Å². The van der Waals surface area contributed by atoms with Crippen LogP contribution in [0, 0.1) is 0 Å². The van der Waals surface area contributed by atoms with Crippen molar-refractivity contribution < 1.29 is 33.7 Å². The van der Waals surface area contributed by atoms with Crippen molar-refractivity contribution in [2.45, 2.75) is 6.04 Å². The van der Waals surface area contributed by atoms with Gasteiger partial charge in [-0.05, 0) is 66.2 Å². The Labute approximate surface area is 306 Å². The van der Waals surface area contributed by atoms with E-state index in [4.69, 9.17) is 14.2 Å². The molecule has 0 spiro atoms. The Morgan fingerprint density at radius 2 is 1.15 bits per heavy atom. The molecule has 274 valence electrons. The molecule has 0 saturated carbocycles. The van der Waals surface area contributed by atoms with Crippen molar-refractivity contribution in [3.63, 3.8) is 0 Å². The Morgan fingerprint density at radius 1 is 0.623 bits per heavy atom. The molecule has 0 aliphatic carbocycles. The van der Waals surface area contributed by atoms with Crippen LogP contribution < -0.4 is 26.6 Å². The SMILES string of the molecule is COC(=O)C(NC(=O)c1ccc(Nc2nc(NCCOCCOCCNC(=O)c3ccccc3)nc(Nc3ccc(O)cc3)n2)cc1)c1ccccc1. The van der Waals surface area contributed by atoms with Gasteiger partial charge in [-0.1, -0.05) is 48.5 Å². The third-order valence-corrected chi connectivity index (χ3v) is 7.48. The second-order valence-corrected chi connectivity index (χ2v) is 11.3. The molecule has 1 atom stereocenters. The van der Waals surface area contributed by atoms with Gasteiger partial charge in [0.25, 0.3) is 11.8 Å². The summed E-state index contributed by atoms with van der Waals surface area (Å²) in [6.07, 6.45) is 0. The molecule has 1 heterocycles. The second-order valence-electron chi connectivity index (χ2n) is 11.3. The lowest BCUT2D eigenvalue weighted by molar-refractivity contribution is -0.143. The molecule has 0 aliphatic rings. The van der Waals surface area contributed by atoms with E-state index in [1.807, 2.05) is 24.3 Å². The number of ether oxygens (including phenoxy) is 3. The Hall–Kier alpha value is -6.58. The van der Waals surface area contributed by atoms with Crippen molar-refractivity contribution in [3.05, 3.63) is 126 Å². The highest BCUT2D eigenvalue weighted by molar-refractivity contribution is 5.97. The average molecular weight is 721 g/mol. The number of nitrogens with zero attached hydrogens (tertiary/aromatic N) is 3. The van der Waals surface area contributed by atoms with Gasteiger partial charge in [0.1, 0.15) is 5.75 Å². The lowest BCUT2D eigenvalue weighted by atomic mass is 10.1. The van der Waals surface area contributed by atoms with E-state index >= 15 is 0 Å². The van der Waals surface area contributed by atoms with Gasteiger partial charge in [-0.25, -0.2) is 4.79 Å². The molecule has 5 aromatic rings. The summed E-state index contributed by atoms with van der Waals surface area (Å²) in [4.78, 5) is 51.0. The maximum atomic E-state index is 13.1. The highest BCUT2D eigenvalue weighted by Gasteiger charge is 2.24. The summed E-state index contributed by atoms with van der Waals surface area (Å²) >= 11 is 0. The van der Waals surface area contributed by atoms with E-state index in [0.717, 1.165) is 0 Å². The third-order valence-electron chi connectivity index (χ3n) is 7.48. The van der Waals surface area contributed by atoms with Crippen LogP contribution in [0.5, 0.6) is 5.75 Å². The summed E-state index contributed by atoms with van der Waals surface area (Å²) in [7, 11) is 1.27. The van der Waals surface area contributed by atoms with Gasteiger partial charge in [-0.2, -0.15) is 15.0 Å². The Balaban J connectivity index is 1.13. The number of methoxy groups -OCH3 is 1. The fraction of sp³-hybridized carbons (Fsp3) is 0.211. The number of hydrogen-bond acceptors (Lipinski definition) is 13. The normalized spacial score (nSPS) is 11.2. The number of hydrogen-bond donors (Lipinski definition) is 6. The van der Waals surface area contributed by atoms with Crippen LogP contribution in [0.15, 0.2) is 109 Å². The summed E-state index contributed by atoms with van der Waals surface area (Å²) in [6, 6.07) is 29.9. The smallest absolute Gasteiger partial charge is 0.333 e. The van der Waals surface area contributed by atoms with Crippen molar-refractivity contribution in [1.82, 2.24) is 25.6 Å². The summed E-state index contributed by atoms with van der Waals surface area (Å²) in [5.41, 5.74) is 2.75. The zero-order chi connectivity index (χ0) is 37.3. The molecule has 0 saturated heterocycles. The predicted octanol–water partition coefficient (Wildman–Crippen LogP) is 4.58. The molecule has 2 amide bonds. The van der Waals surface area contributed by atoms with Crippen molar-refractivity contribution in [2.75, 3.05) is 62.6 Å². The number of aromatic hydroxyl groups is 1. The van der Waals surface area contributed by atoms with Gasteiger partial charge >= 0.3 is 5.97 Å². The summed E-state index contributed by atoms with van der Waals surface area (Å²) < 4.78 is 16.1. The topological polar surface area (TPSA) is 198 Å². The van der Waals surface area contributed by atoms with E-state index in [1.54, 1.807) is 72.8 Å². The molecule has 0 aliphatic heterocycles. The number of rotatable bonds is 19. The minimum Gasteiger partial charge on any atom is -0.508 e. The average Bonchev–Trinajstić information content (AvgIpc) is 3.19. The molecule has 15 heteroatoms. The maximum absolute atomic E-state index is 13.1. The molecule has 4 aromatic carbocycles. The van der Waals surface area contributed by atoms with Crippen molar-refractivity contribution in [2.24, 2.45) is 0 Å². The van der Waals surface area contributed by atoms with Gasteiger partial charge in [-0.3, -0.25) is 9.59 Å². The Morgan fingerprint density at radius 3 is 1.75 bits per heavy atom. The molecule has 1 aromatic heterocycles. The molecule has 15 nitrogen and oxygen atoms in total. The van der Waals surface area contributed by atoms with E-state index in [1.165, 1.54) is 19.2 Å². The lowest BCUT2D eigenvalue weighted by Gasteiger charge is -2.17. The fourth-order valence-corrected chi connectivity index (χ4v) is 4.82. The van der Waals surface area contributed by atoms with Crippen molar-refractivity contribution in [1.29, 1.82) is 0 Å². The number of carbonyl (C=O) groups is 3. The Bertz CT molecular complexity index is 1920. The number of nitrogens with one attached hydrogen (secondary N) is 5. The largest absolute Gasteiger partial charge is 0.508 e. The number of carbonyl (C=O) groups excluding carboxylic acids is 3. The molecular formula is C38H40N8O7. The number of phenolic OH excluding ortho intramolecular Hbond substituents is 1. The lowest BCUT2D eigenvalue weighted by Crippen LogP contribution is -2.34. The van der Waals surface area contributed by atoms with Gasteiger partial charge in [0.15, 0.2) is 6.04 Å². The molecule has 53 heavy (non-hydrogen) atoms. The van der Waals surface area contributed by atoms with Crippen LogP contribution in [0.1, 0.15) is 32.3 Å². The highest BCUT2D eigenvalue weighted by atomic mass is 16.5. The van der Waals surface area contributed by atoms with Gasteiger partial charge < -0.3 is 45.9 Å². The van der Waals surface area contributed by atoms with Crippen LogP contribution in [0.2, 0.25) is 0 Å². The monoisotopic (exact) mass is 720 g/mol. The molecule has 5 rings (SSSR count). The summed E-state index contributed by atoms with van der Waals surface area (Å²) in [5.74, 6) is -0.359. The maximum Gasteiger partial charge on any atom is 0.333 e.